The first-order valence-corrected chi connectivity index (χ1v) is 11.3. The molecule has 0 spiro atoms. The second-order valence-corrected chi connectivity index (χ2v) is 8.61. The Labute approximate surface area is 199 Å². The molecule has 0 aliphatic carbocycles. The lowest BCUT2D eigenvalue weighted by Crippen LogP contribution is -2.41. The molecule has 0 bridgehead atoms. The topological polar surface area (TPSA) is 68.9 Å². The Balaban J connectivity index is 1.54. The molecule has 0 fully saturated rings. The lowest BCUT2D eigenvalue weighted by molar-refractivity contribution is 0.730. The van der Waals surface area contributed by atoms with Crippen molar-refractivity contribution in [1.82, 2.24) is 25.6 Å². The van der Waals surface area contributed by atoms with Gasteiger partial charge in [0, 0.05) is 55.7 Å². The van der Waals surface area contributed by atoms with Gasteiger partial charge < -0.3 is 20.5 Å². The molecule has 0 aliphatic rings. The third kappa shape index (κ3) is 7.12. The van der Waals surface area contributed by atoms with Crippen LogP contribution in [0.15, 0.2) is 53.4 Å². The molecular weight excluding hydrogens is 507 g/mol. The normalized spacial score (nSPS) is 10.6. The van der Waals surface area contributed by atoms with E-state index in [1.54, 1.807) is 12.4 Å². The fourth-order valence-corrected chi connectivity index (χ4v) is 3.54. The number of imidazole rings is 1. The zero-order valence-corrected chi connectivity index (χ0v) is 20.0. The number of hydrogen-bond acceptors (Lipinski definition) is 4. The molecule has 0 radical (unpaired) electrons. The molecule has 2 aromatic heterocycles. The van der Waals surface area contributed by atoms with Gasteiger partial charge in [-0.15, -0.1) is 0 Å². The van der Waals surface area contributed by atoms with Crippen LogP contribution in [-0.4, -0.2) is 39.7 Å². The van der Waals surface area contributed by atoms with Crippen molar-refractivity contribution in [3.8, 4) is 0 Å². The number of nitrogens with zero attached hydrogens (tertiary/aromatic N) is 3. The highest BCUT2D eigenvalue weighted by Crippen LogP contribution is 2.24. The number of hydrogen-bond donors (Lipinski definition) is 3. The Morgan fingerprint density at radius 2 is 1.93 bits per heavy atom. The van der Waals surface area contributed by atoms with Crippen molar-refractivity contribution in [2.75, 3.05) is 24.5 Å². The number of nitrogens with one attached hydrogen (secondary N) is 3. The predicted molar refractivity (Wildman–Crippen MR) is 130 cm³/mol. The fraction of sp³-hybridized carbons (Fsp3) is 0.250. The molecule has 0 atom stereocenters. The first-order chi connectivity index (χ1) is 14.5. The number of anilines is 1. The van der Waals surface area contributed by atoms with Gasteiger partial charge in [0.25, 0.3) is 0 Å². The highest BCUT2D eigenvalue weighted by atomic mass is 79.9. The molecule has 10 heteroatoms. The molecule has 2 heterocycles. The average Bonchev–Trinajstić information content (AvgIpc) is 3.24. The number of benzene rings is 1. The van der Waals surface area contributed by atoms with E-state index in [2.05, 4.69) is 46.4 Å². The minimum absolute atomic E-state index is 0.540. The lowest BCUT2D eigenvalue weighted by atomic mass is 10.2. The van der Waals surface area contributed by atoms with Crippen LogP contribution in [0.25, 0.3) is 0 Å². The monoisotopic (exact) mass is 526 g/mol. The van der Waals surface area contributed by atoms with Crippen LogP contribution >= 0.6 is 51.3 Å². The highest BCUT2D eigenvalue weighted by Gasteiger charge is 2.11. The van der Waals surface area contributed by atoms with E-state index in [1.165, 1.54) is 0 Å². The summed E-state index contributed by atoms with van der Waals surface area (Å²) in [5, 5.41) is 8.13. The van der Waals surface area contributed by atoms with Gasteiger partial charge in [-0.3, -0.25) is 0 Å². The Bertz CT molecular complexity index is 952. The summed E-state index contributed by atoms with van der Waals surface area (Å²) in [5.41, 5.74) is 1.05. The molecule has 0 aliphatic heterocycles. The summed E-state index contributed by atoms with van der Waals surface area (Å²) in [6.07, 6.45) is 6.11. The fourth-order valence-electron chi connectivity index (χ4n) is 2.78. The quantitative estimate of drug-likeness (QED) is 0.354. The van der Waals surface area contributed by atoms with E-state index in [9.17, 15) is 0 Å². The van der Waals surface area contributed by atoms with Crippen LogP contribution < -0.4 is 15.5 Å². The Morgan fingerprint density at radius 3 is 2.63 bits per heavy atom. The van der Waals surface area contributed by atoms with Gasteiger partial charge in [0.1, 0.15) is 11.6 Å². The zero-order chi connectivity index (χ0) is 21.3. The van der Waals surface area contributed by atoms with Gasteiger partial charge >= 0.3 is 0 Å². The molecule has 6 nitrogen and oxygen atoms in total. The van der Waals surface area contributed by atoms with E-state index in [0.29, 0.717) is 41.3 Å². The molecular formula is C20H21BrCl2N6S. The van der Waals surface area contributed by atoms with E-state index in [0.717, 1.165) is 28.1 Å². The number of halogens is 3. The van der Waals surface area contributed by atoms with Gasteiger partial charge in [0.05, 0.1) is 10.0 Å². The largest absolute Gasteiger partial charge is 0.362 e. The van der Waals surface area contributed by atoms with Crippen LogP contribution in [0, 0.1) is 0 Å². The third-order valence-corrected chi connectivity index (χ3v) is 5.76. The lowest BCUT2D eigenvalue weighted by Gasteiger charge is -2.24. The number of H-pyrrole nitrogens is 1. The van der Waals surface area contributed by atoms with Crippen molar-refractivity contribution in [2.45, 2.75) is 13.0 Å². The molecule has 0 unspecified atom stereocenters. The second kappa shape index (κ2) is 11.5. The van der Waals surface area contributed by atoms with Gasteiger partial charge in [0.15, 0.2) is 5.11 Å². The van der Waals surface area contributed by atoms with Gasteiger partial charge in [-0.05, 0) is 58.0 Å². The van der Waals surface area contributed by atoms with Crippen molar-refractivity contribution >= 4 is 62.3 Å². The smallest absolute Gasteiger partial charge is 0.166 e. The predicted octanol–water partition coefficient (Wildman–Crippen LogP) is 4.59. The highest BCUT2D eigenvalue weighted by molar-refractivity contribution is 9.10. The maximum absolute atomic E-state index is 6.18. The Morgan fingerprint density at radius 1 is 1.10 bits per heavy atom. The van der Waals surface area contributed by atoms with Crippen molar-refractivity contribution < 1.29 is 0 Å². The Hall–Kier alpha value is -1.87. The number of aromatic nitrogens is 3. The molecule has 158 valence electrons. The minimum atomic E-state index is 0.540. The third-order valence-electron chi connectivity index (χ3n) is 4.26. The summed E-state index contributed by atoms with van der Waals surface area (Å²) in [4.78, 5) is 13.9. The summed E-state index contributed by atoms with van der Waals surface area (Å²) in [6, 6.07) is 9.60. The van der Waals surface area contributed by atoms with Crippen molar-refractivity contribution in [1.29, 1.82) is 0 Å². The van der Waals surface area contributed by atoms with Crippen LogP contribution in [0.4, 0.5) is 5.82 Å². The molecule has 3 rings (SSSR count). The molecule has 0 saturated carbocycles. The standard InChI is InChI=1S/C20H21BrCl2N6S/c21-15-2-4-19(28-12-15)29(13-14-1-3-16(22)17(23)11-14)10-9-27-20(30)26-6-5-18-24-7-8-25-18/h1-4,7-8,11-12H,5-6,9-10,13H2,(H,24,25)(H2,26,27,30). The average molecular weight is 528 g/mol. The van der Waals surface area contributed by atoms with Gasteiger partial charge in [-0.1, -0.05) is 29.3 Å². The van der Waals surface area contributed by atoms with Gasteiger partial charge in [0.2, 0.25) is 0 Å². The summed E-state index contributed by atoms with van der Waals surface area (Å²) in [7, 11) is 0. The molecule has 0 saturated heterocycles. The minimum Gasteiger partial charge on any atom is -0.362 e. The SMILES string of the molecule is S=C(NCCc1ncc[nH]1)NCCN(Cc1ccc(Cl)c(Cl)c1)c1ccc(Br)cn1. The van der Waals surface area contributed by atoms with E-state index in [-0.39, 0.29) is 0 Å². The first-order valence-electron chi connectivity index (χ1n) is 9.31. The molecule has 1 aromatic carbocycles. The summed E-state index contributed by atoms with van der Waals surface area (Å²) in [5.74, 6) is 1.79. The summed E-state index contributed by atoms with van der Waals surface area (Å²) >= 11 is 21.0. The second-order valence-electron chi connectivity index (χ2n) is 6.47. The number of thiocarbonyl (C=S) groups is 1. The van der Waals surface area contributed by atoms with Crippen molar-refractivity contribution in [3.05, 3.63) is 74.8 Å². The van der Waals surface area contributed by atoms with Crippen LogP contribution in [-0.2, 0) is 13.0 Å². The maximum Gasteiger partial charge on any atom is 0.166 e. The van der Waals surface area contributed by atoms with E-state index >= 15 is 0 Å². The van der Waals surface area contributed by atoms with E-state index in [4.69, 9.17) is 35.4 Å². The van der Waals surface area contributed by atoms with Gasteiger partial charge in [-0.2, -0.15) is 0 Å². The van der Waals surface area contributed by atoms with Crippen LogP contribution in [0.1, 0.15) is 11.4 Å². The molecule has 3 N–H and O–H groups in total. The van der Waals surface area contributed by atoms with Crippen molar-refractivity contribution in [2.24, 2.45) is 0 Å². The van der Waals surface area contributed by atoms with E-state index in [1.807, 2.05) is 36.5 Å². The Kier molecular flexibility index (Phi) is 8.74. The van der Waals surface area contributed by atoms with Crippen molar-refractivity contribution in [3.63, 3.8) is 0 Å². The van der Waals surface area contributed by atoms with Gasteiger partial charge in [-0.25, -0.2) is 9.97 Å². The summed E-state index contributed by atoms with van der Waals surface area (Å²) in [6.45, 7) is 2.72. The first kappa shape index (κ1) is 22.8. The molecule has 30 heavy (non-hydrogen) atoms. The maximum atomic E-state index is 6.18. The summed E-state index contributed by atoms with van der Waals surface area (Å²) < 4.78 is 0.931. The zero-order valence-electron chi connectivity index (χ0n) is 16.0. The van der Waals surface area contributed by atoms with E-state index < -0.39 is 0 Å². The number of aromatic amines is 1. The van der Waals surface area contributed by atoms with Crippen LogP contribution in [0.2, 0.25) is 10.0 Å². The van der Waals surface area contributed by atoms with Crippen LogP contribution in [0.5, 0.6) is 0 Å². The number of pyridine rings is 1. The molecule has 3 aromatic rings. The number of rotatable bonds is 9. The van der Waals surface area contributed by atoms with Crippen LogP contribution in [0.3, 0.4) is 0 Å². The molecule has 0 amide bonds.